The van der Waals surface area contributed by atoms with Crippen LogP contribution in [0.4, 0.5) is 0 Å². The molecule has 1 amide bonds. The molecule has 1 aliphatic carbocycles. The van der Waals surface area contributed by atoms with Gasteiger partial charge in [0.15, 0.2) is 0 Å². The van der Waals surface area contributed by atoms with Crippen molar-refractivity contribution in [2.45, 2.75) is 36.9 Å². The summed E-state index contributed by atoms with van der Waals surface area (Å²) >= 11 is 7.74. The molecular weight excluding hydrogens is 280 g/mol. The van der Waals surface area contributed by atoms with E-state index in [0.717, 1.165) is 0 Å². The van der Waals surface area contributed by atoms with Gasteiger partial charge < -0.3 is 5.32 Å². The fourth-order valence-corrected chi connectivity index (χ4v) is 3.58. The summed E-state index contributed by atoms with van der Waals surface area (Å²) in [6.45, 7) is 0.710. The zero-order valence-corrected chi connectivity index (χ0v) is 12.7. The predicted octanol–water partition coefficient (Wildman–Crippen LogP) is 3.53. The van der Waals surface area contributed by atoms with Gasteiger partial charge in [-0.15, -0.1) is 0 Å². The lowest BCUT2D eigenvalue weighted by molar-refractivity contribution is 0.0942. The molecule has 0 radical (unpaired) electrons. The minimum Gasteiger partial charge on any atom is -0.349 e. The van der Waals surface area contributed by atoms with Gasteiger partial charge in [0.05, 0.1) is 0 Å². The quantitative estimate of drug-likeness (QED) is 0.924. The van der Waals surface area contributed by atoms with Crippen LogP contribution in [0.2, 0.25) is 5.02 Å². The number of aromatic nitrogens is 1. The molecule has 0 spiro atoms. The van der Waals surface area contributed by atoms with Crippen LogP contribution in [-0.4, -0.2) is 28.4 Å². The normalized spacial score (nSPS) is 18.0. The first-order valence-corrected chi connectivity index (χ1v) is 8.20. The standard InChI is InChI=1S/C14H19ClN2OS/c1-19-14(6-3-2-4-7-14)10-17-13(18)12-9-11(15)5-8-16-12/h5,8-9H,2-4,6-7,10H2,1H3,(H,17,18). The summed E-state index contributed by atoms with van der Waals surface area (Å²) in [4.78, 5) is 16.1. The summed E-state index contributed by atoms with van der Waals surface area (Å²) in [5.74, 6) is -0.138. The summed E-state index contributed by atoms with van der Waals surface area (Å²) in [6, 6.07) is 3.27. The third-order valence-corrected chi connectivity index (χ3v) is 5.38. The molecule has 0 aliphatic heterocycles. The Morgan fingerprint density at radius 2 is 2.21 bits per heavy atom. The van der Waals surface area contributed by atoms with Crippen LogP contribution >= 0.6 is 23.4 Å². The molecule has 1 aliphatic rings. The maximum atomic E-state index is 12.1. The van der Waals surface area contributed by atoms with Crippen LogP contribution in [0.15, 0.2) is 18.3 Å². The lowest BCUT2D eigenvalue weighted by Gasteiger charge is -2.35. The Labute approximate surface area is 123 Å². The molecule has 1 heterocycles. The predicted molar refractivity (Wildman–Crippen MR) is 80.9 cm³/mol. The fourth-order valence-electron chi connectivity index (χ4n) is 2.51. The Morgan fingerprint density at radius 1 is 1.47 bits per heavy atom. The first kappa shape index (κ1) is 14.7. The van der Waals surface area contributed by atoms with E-state index in [0.29, 0.717) is 17.3 Å². The lowest BCUT2D eigenvalue weighted by atomic mass is 9.88. The van der Waals surface area contributed by atoms with Crippen molar-refractivity contribution in [2.75, 3.05) is 12.8 Å². The fraction of sp³-hybridized carbons (Fsp3) is 0.571. The van der Waals surface area contributed by atoms with Crippen molar-refractivity contribution in [3.05, 3.63) is 29.0 Å². The average molecular weight is 299 g/mol. The number of amides is 1. The minimum atomic E-state index is -0.138. The van der Waals surface area contributed by atoms with E-state index in [9.17, 15) is 4.79 Å². The molecule has 2 rings (SSSR count). The number of carbonyl (C=O) groups is 1. The van der Waals surface area contributed by atoms with Crippen LogP contribution in [0.1, 0.15) is 42.6 Å². The number of nitrogens with one attached hydrogen (secondary N) is 1. The third-order valence-electron chi connectivity index (χ3n) is 3.72. The second-order valence-corrected chi connectivity index (χ2v) is 6.70. The van der Waals surface area contributed by atoms with Crippen LogP contribution in [0.5, 0.6) is 0 Å². The SMILES string of the molecule is CSC1(CNC(=O)c2cc(Cl)ccn2)CCCCC1. The zero-order chi connectivity index (χ0) is 13.7. The van der Waals surface area contributed by atoms with Gasteiger partial charge in [-0.3, -0.25) is 9.78 Å². The van der Waals surface area contributed by atoms with Crippen LogP contribution in [0.3, 0.4) is 0 Å². The van der Waals surface area contributed by atoms with E-state index in [4.69, 9.17) is 11.6 Å². The Kier molecular flexibility index (Phi) is 5.11. The van der Waals surface area contributed by atoms with E-state index in [1.54, 1.807) is 18.3 Å². The molecule has 0 aromatic carbocycles. The van der Waals surface area contributed by atoms with E-state index < -0.39 is 0 Å². The molecule has 0 bridgehead atoms. The van der Waals surface area contributed by atoms with Crippen molar-refractivity contribution in [3.8, 4) is 0 Å². The van der Waals surface area contributed by atoms with Gasteiger partial charge in [0.25, 0.3) is 5.91 Å². The Morgan fingerprint density at radius 3 is 2.84 bits per heavy atom. The van der Waals surface area contributed by atoms with Crippen molar-refractivity contribution in [2.24, 2.45) is 0 Å². The molecule has 5 heteroatoms. The number of hydrogen-bond acceptors (Lipinski definition) is 3. The summed E-state index contributed by atoms with van der Waals surface area (Å²) in [5, 5.41) is 3.55. The summed E-state index contributed by atoms with van der Waals surface area (Å²) < 4.78 is 0.201. The number of rotatable bonds is 4. The highest BCUT2D eigenvalue weighted by molar-refractivity contribution is 8.00. The van der Waals surface area contributed by atoms with E-state index in [1.807, 2.05) is 11.8 Å². The first-order chi connectivity index (χ1) is 9.15. The molecular formula is C14H19ClN2OS. The smallest absolute Gasteiger partial charge is 0.269 e. The molecule has 1 aromatic rings. The van der Waals surface area contributed by atoms with Crippen molar-refractivity contribution in [3.63, 3.8) is 0 Å². The molecule has 19 heavy (non-hydrogen) atoms. The maximum Gasteiger partial charge on any atom is 0.269 e. The molecule has 0 unspecified atom stereocenters. The maximum absolute atomic E-state index is 12.1. The number of thioether (sulfide) groups is 1. The molecule has 1 fully saturated rings. The van der Waals surface area contributed by atoms with Gasteiger partial charge in [-0.05, 0) is 31.2 Å². The van der Waals surface area contributed by atoms with Crippen molar-refractivity contribution in [1.29, 1.82) is 0 Å². The number of hydrogen-bond donors (Lipinski definition) is 1. The first-order valence-electron chi connectivity index (χ1n) is 6.60. The van der Waals surface area contributed by atoms with Gasteiger partial charge in [-0.2, -0.15) is 11.8 Å². The van der Waals surface area contributed by atoms with E-state index >= 15 is 0 Å². The summed E-state index contributed by atoms with van der Waals surface area (Å²) in [5.41, 5.74) is 0.388. The van der Waals surface area contributed by atoms with Crippen molar-refractivity contribution < 1.29 is 4.79 Å². The summed E-state index contributed by atoms with van der Waals surface area (Å²) in [6.07, 6.45) is 9.87. The molecule has 3 nitrogen and oxygen atoms in total. The van der Waals surface area contributed by atoms with Crippen LogP contribution in [0, 0.1) is 0 Å². The monoisotopic (exact) mass is 298 g/mol. The van der Waals surface area contributed by atoms with Gasteiger partial charge in [0, 0.05) is 22.5 Å². The average Bonchev–Trinajstić information content (AvgIpc) is 2.46. The van der Waals surface area contributed by atoms with Gasteiger partial charge in [0.2, 0.25) is 0 Å². The van der Waals surface area contributed by atoms with Crippen molar-refractivity contribution in [1.82, 2.24) is 10.3 Å². The van der Waals surface area contributed by atoms with E-state index in [1.165, 1.54) is 32.1 Å². The molecule has 1 N–H and O–H groups in total. The highest BCUT2D eigenvalue weighted by Crippen LogP contribution is 2.37. The lowest BCUT2D eigenvalue weighted by Crippen LogP contribution is -2.42. The molecule has 1 saturated carbocycles. The minimum absolute atomic E-state index is 0.138. The number of carbonyl (C=O) groups excluding carboxylic acids is 1. The molecule has 0 atom stereocenters. The van der Waals surface area contributed by atoms with Gasteiger partial charge in [-0.1, -0.05) is 30.9 Å². The van der Waals surface area contributed by atoms with E-state index in [2.05, 4.69) is 16.6 Å². The molecule has 104 valence electrons. The van der Waals surface area contributed by atoms with Crippen LogP contribution in [-0.2, 0) is 0 Å². The largest absolute Gasteiger partial charge is 0.349 e. The Balaban J connectivity index is 1.95. The summed E-state index contributed by atoms with van der Waals surface area (Å²) in [7, 11) is 0. The molecule has 0 saturated heterocycles. The molecule has 1 aromatic heterocycles. The Hall–Kier alpha value is -0.740. The van der Waals surface area contributed by atoms with Gasteiger partial charge in [-0.25, -0.2) is 0 Å². The van der Waals surface area contributed by atoms with Gasteiger partial charge in [0.1, 0.15) is 5.69 Å². The van der Waals surface area contributed by atoms with Crippen molar-refractivity contribution >= 4 is 29.3 Å². The highest BCUT2D eigenvalue weighted by atomic mass is 35.5. The zero-order valence-electron chi connectivity index (χ0n) is 11.1. The Bertz CT molecular complexity index is 447. The topological polar surface area (TPSA) is 42.0 Å². The van der Waals surface area contributed by atoms with Crippen LogP contribution in [0.25, 0.3) is 0 Å². The highest BCUT2D eigenvalue weighted by Gasteiger charge is 2.31. The second kappa shape index (κ2) is 6.62. The number of pyridine rings is 1. The number of nitrogens with zero attached hydrogens (tertiary/aromatic N) is 1. The third kappa shape index (κ3) is 3.86. The number of halogens is 1. The van der Waals surface area contributed by atoms with E-state index in [-0.39, 0.29) is 10.7 Å². The second-order valence-electron chi connectivity index (χ2n) is 4.99. The van der Waals surface area contributed by atoms with Gasteiger partial charge >= 0.3 is 0 Å². The van der Waals surface area contributed by atoms with Crippen LogP contribution < -0.4 is 5.32 Å².